The third kappa shape index (κ3) is 2.97. The first-order valence-electron chi connectivity index (χ1n) is 5.53. The number of hydrogen-bond acceptors (Lipinski definition) is 5. The second-order valence-corrected chi connectivity index (χ2v) is 5.94. The Kier molecular flexibility index (Phi) is 4.49. The Bertz CT molecular complexity index is 523. The van der Waals surface area contributed by atoms with Gasteiger partial charge in [0, 0.05) is 5.56 Å². The molecule has 1 aliphatic heterocycles. The monoisotopic (exact) mass is 279 g/mol. The maximum Gasteiger partial charge on any atom is 0.244 e. The van der Waals surface area contributed by atoms with Gasteiger partial charge in [0.05, 0.1) is 7.11 Å². The Morgan fingerprint density at radius 1 is 1.44 bits per heavy atom. The van der Waals surface area contributed by atoms with Crippen LogP contribution in [0, 0.1) is 0 Å². The van der Waals surface area contributed by atoms with E-state index in [0.29, 0.717) is 5.70 Å². The molecule has 0 spiro atoms. The van der Waals surface area contributed by atoms with Crippen LogP contribution in [0.3, 0.4) is 0 Å². The predicted octanol–water partition coefficient (Wildman–Crippen LogP) is 3.42. The number of thioether (sulfide) groups is 2. The van der Waals surface area contributed by atoms with Crippen molar-refractivity contribution in [2.75, 3.05) is 12.9 Å². The molecule has 3 nitrogen and oxygen atoms in total. The number of carbonyl (C=O) groups is 1. The highest BCUT2D eigenvalue weighted by Gasteiger charge is 2.22. The SMILES string of the molecule is CCSC1=N/C(=C\c2ccccc2OC)C(=O)S1. The van der Waals surface area contributed by atoms with E-state index in [0.717, 1.165) is 21.4 Å². The van der Waals surface area contributed by atoms with E-state index in [4.69, 9.17) is 4.74 Å². The van der Waals surface area contributed by atoms with Gasteiger partial charge in [0.15, 0.2) is 0 Å². The number of methoxy groups -OCH3 is 1. The summed E-state index contributed by atoms with van der Waals surface area (Å²) < 4.78 is 6.07. The van der Waals surface area contributed by atoms with E-state index in [2.05, 4.69) is 4.99 Å². The van der Waals surface area contributed by atoms with E-state index in [9.17, 15) is 4.79 Å². The summed E-state index contributed by atoms with van der Waals surface area (Å²) in [5, 5.41) is -0.00291. The van der Waals surface area contributed by atoms with Crippen molar-refractivity contribution >= 4 is 39.1 Å². The molecule has 0 atom stereocenters. The number of rotatable bonds is 3. The van der Waals surface area contributed by atoms with Gasteiger partial charge in [-0.25, -0.2) is 4.99 Å². The van der Waals surface area contributed by atoms with Gasteiger partial charge >= 0.3 is 0 Å². The zero-order chi connectivity index (χ0) is 13.0. The second-order valence-electron chi connectivity index (χ2n) is 3.47. The van der Waals surface area contributed by atoms with Gasteiger partial charge in [-0.1, -0.05) is 36.9 Å². The minimum Gasteiger partial charge on any atom is -0.496 e. The molecule has 0 aromatic heterocycles. The fraction of sp³-hybridized carbons (Fsp3) is 0.231. The van der Waals surface area contributed by atoms with Crippen molar-refractivity contribution < 1.29 is 9.53 Å². The lowest BCUT2D eigenvalue weighted by molar-refractivity contribution is -0.107. The first-order valence-corrected chi connectivity index (χ1v) is 7.33. The summed E-state index contributed by atoms with van der Waals surface area (Å²) in [6, 6.07) is 7.58. The molecule has 18 heavy (non-hydrogen) atoms. The van der Waals surface area contributed by atoms with E-state index in [1.54, 1.807) is 24.9 Å². The molecule has 2 rings (SSSR count). The van der Waals surface area contributed by atoms with E-state index in [1.165, 1.54) is 11.8 Å². The Morgan fingerprint density at radius 2 is 2.22 bits per heavy atom. The van der Waals surface area contributed by atoms with Crippen LogP contribution in [0.5, 0.6) is 5.75 Å². The molecule has 1 aliphatic rings. The lowest BCUT2D eigenvalue weighted by Crippen LogP contribution is -1.90. The van der Waals surface area contributed by atoms with Crippen molar-refractivity contribution in [2.24, 2.45) is 4.99 Å². The molecule has 0 amide bonds. The average Bonchev–Trinajstić information content (AvgIpc) is 2.71. The number of hydrogen-bond donors (Lipinski definition) is 0. The summed E-state index contributed by atoms with van der Waals surface area (Å²) in [7, 11) is 1.62. The summed E-state index contributed by atoms with van der Waals surface area (Å²) in [5.41, 5.74) is 1.36. The smallest absolute Gasteiger partial charge is 0.244 e. The highest BCUT2D eigenvalue weighted by atomic mass is 32.2. The molecule has 1 heterocycles. The standard InChI is InChI=1S/C13H13NO2S2/c1-3-17-13-14-10(12(15)18-13)8-9-6-4-5-7-11(9)16-2/h4-8H,3H2,1-2H3/b10-8-. The van der Waals surface area contributed by atoms with Gasteiger partial charge in [-0.05, 0) is 29.7 Å². The van der Waals surface area contributed by atoms with Gasteiger partial charge in [0.1, 0.15) is 15.8 Å². The number of aliphatic imine (C=N–C) groups is 1. The topological polar surface area (TPSA) is 38.7 Å². The lowest BCUT2D eigenvalue weighted by atomic mass is 10.2. The molecule has 0 saturated heterocycles. The van der Waals surface area contributed by atoms with Crippen LogP contribution >= 0.6 is 23.5 Å². The molecule has 5 heteroatoms. The van der Waals surface area contributed by atoms with E-state index in [-0.39, 0.29) is 5.12 Å². The van der Waals surface area contributed by atoms with Gasteiger partial charge in [-0.3, -0.25) is 4.79 Å². The summed E-state index contributed by atoms with van der Waals surface area (Å²) in [6.07, 6.45) is 1.78. The number of ether oxygens (including phenoxy) is 1. The summed E-state index contributed by atoms with van der Waals surface area (Å²) >= 11 is 2.78. The van der Waals surface area contributed by atoms with Crippen LogP contribution in [0.4, 0.5) is 0 Å². The minimum atomic E-state index is -0.00291. The zero-order valence-electron chi connectivity index (χ0n) is 10.2. The maximum absolute atomic E-state index is 11.8. The molecule has 0 aliphatic carbocycles. The molecule has 0 unspecified atom stereocenters. The summed E-state index contributed by atoms with van der Waals surface area (Å²) in [5.74, 6) is 1.66. The normalized spacial score (nSPS) is 17.1. The minimum absolute atomic E-state index is 0.00291. The number of benzene rings is 1. The molecule has 0 bridgehead atoms. The number of carbonyl (C=O) groups excluding carboxylic acids is 1. The Balaban J connectivity index is 2.30. The molecular formula is C13H13NO2S2. The first kappa shape index (κ1) is 13.2. The Morgan fingerprint density at radius 3 is 2.94 bits per heavy atom. The van der Waals surface area contributed by atoms with Crippen LogP contribution in [-0.4, -0.2) is 22.4 Å². The van der Waals surface area contributed by atoms with Crippen molar-refractivity contribution in [1.82, 2.24) is 0 Å². The average molecular weight is 279 g/mol. The lowest BCUT2D eigenvalue weighted by Gasteiger charge is -2.03. The number of nitrogens with zero attached hydrogens (tertiary/aromatic N) is 1. The second kappa shape index (κ2) is 6.11. The largest absolute Gasteiger partial charge is 0.496 e. The van der Waals surface area contributed by atoms with Crippen LogP contribution in [0.2, 0.25) is 0 Å². The molecule has 0 N–H and O–H groups in total. The Labute approximate surface area is 115 Å². The van der Waals surface area contributed by atoms with Crippen LogP contribution in [0.25, 0.3) is 6.08 Å². The van der Waals surface area contributed by atoms with Crippen LogP contribution in [-0.2, 0) is 4.79 Å². The van der Waals surface area contributed by atoms with Crippen molar-refractivity contribution in [3.63, 3.8) is 0 Å². The quantitative estimate of drug-likeness (QED) is 0.795. The third-order valence-electron chi connectivity index (χ3n) is 2.30. The van der Waals surface area contributed by atoms with Gasteiger partial charge in [-0.2, -0.15) is 0 Å². The molecule has 94 valence electrons. The highest BCUT2D eigenvalue weighted by Crippen LogP contribution is 2.32. The van der Waals surface area contributed by atoms with Crippen molar-refractivity contribution in [2.45, 2.75) is 6.92 Å². The van der Waals surface area contributed by atoms with Gasteiger partial charge in [0.25, 0.3) is 0 Å². The van der Waals surface area contributed by atoms with Crippen molar-refractivity contribution in [3.8, 4) is 5.75 Å². The highest BCUT2D eigenvalue weighted by molar-refractivity contribution is 8.45. The van der Waals surface area contributed by atoms with Crippen LogP contribution in [0.15, 0.2) is 35.0 Å². The van der Waals surface area contributed by atoms with Gasteiger partial charge in [0.2, 0.25) is 5.12 Å². The zero-order valence-corrected chi connectivity index (χ0v) is 11.8. The maximum atomic E-state index is 11.8. The van der Waals surface area contributed by atoms with E-state index >= 15 is 0 Å². The fourth-order valence-electron chi connectivity index (χ4n) is 1.51. The van der Waals surface area contributed by atoms with Crippen LogP contribution < -0.4 is 4.74 Å². The molecule has 0 saturated carbocycles. The molecule has 0 fully saturated rings. The first-order chi connectivity index (χ1) is 8.74. The van der Waals surface area contributed by atoms with Gasteiger partial charge < -0.3 is 4.74 Å². The fourth-order valence-corrected chi connectivity index (χ4v) is 3.25. The van der Waals surface area contributed by atoms with Gasteiger partial charge in [-0.15, -0.1) is 0 Å². The van der Waals surface area contributed by atoms with E-state index in [1.807, 2.05) is 31.2 Å². The molecular weight excluding hydrogens is 266 g/mol. The summed E-state index contributed by atoms with van der Waals surface area (Å²) in [4.78, 5) is 16.1. The van der Waals surface area contributed by atoms with E-state index < -0.39 is 0 Å². The Hall–Kier alpha value is -1.20. The molecule has 1 aromatic rings. The predicted molar refractivity (Wildman–Crippen MR) is 79.1 cm³/mol. The van der Waals surface area contributed by atoms with Crippen molar-refractivity contribution in [1.29, 1.82) is 0 Å². The third-order valence-corrected chi connectivity index (χ3v) is 4.19. The van der Waals surface area contributed by atoms with Crippen molar-refractivity contribution in [3.05, 3.63) is 35.5 Å². The van der Waals surface area contributed by atoms with Crippen LogP contribution in [0.1, 0.15) is 12.5 Å². The molecule has 0 radical (unpaired) electrons. The number of para-hydroxylation sites is 1. The summed E-state index contributed by atoms with van der Waals surface area (Å²) in [6.45, 7) is 2.04. The molecule has 1 aromatic carbocycles.